The molecule has 138 valence electrons. The molecular weight excluding hydrogens is 322 g/mol. The zero-order valence-corrected chi connectivity index (χ0v) is 15.3. The zero-order chi connectivity index (χ0) is 18.6. The monoisotopic (exact) mass is 349 g/mol. The lowest BCUT2D eigenvalue weighted by Gasteiger charge is -2.30. The number of rotatable bonds is 7. The molecule has 1 amide bonds. The molecule has 8 nitrogen and oxygen atoms in total. The molecule has 0 aromatic carbocycles. The summed E-state index contributed by atoms with van der Waals surface area (Å²) in [5.41, 5.74) is -0.229. The van der Waals surface area contributed by atoms with Gasteiger partial charge in [0.2, 0.25) is 5.91 Å². The first-order chi connectivity index (χ1) is 11.7. The highest BCUT2D eigenvalue weighted by atomic mass is 16.6. The standard InChI is InChI=1S/C17H27N5O3/c1-5-17(3,4)20-16(23)12(2)21-9-8-13(11-21)19-15-7-6-14(10-18-15)22(24)25/h6-7,10,12-13H,5,8-9,11H2,1-4H3,(H,18,19)(H,20,23)/t12-,13-/m0/s1. The van der Waals surface area contributed by atoms with Crippen LogP contribution in [0, 0.1) is 10.1 Å². The second-order valence-corrected chi connectivity index (χ2v) is 7.19. The van der Waals surface area contributed by atoms with Gasteiger partial charge in [-0.05, 0) is 39.7 Å². The Bertz CT molecular complexity index is 617. The number of nitrogens with one attached hydrogen (secondary N) is 2. The Morgan fingerprint density at radius 3 is 2.80 bits per heavy atom. The minimum absolute atomic E-state index is 0.0255. The molecule has 2 N–H and O–H groups in total. The van der Waals surface area contributed by atoms with Crippen LogP contribution in [0.2, 0.25) is 0 Å². The van der Waals surface area contributed by atoms with Crippen molar-refractivity contribution in [2.24, 2.45) is 0 Å². The van der Waals surface area contributed by atoms with Gasteiger partial charge < -0.3 is 10.6 Å². The van der Waals surface area contributed by atoms with Crippen molar-refractivity contribution >= 4 is 17.4 Å². The molecule has 2 rings (SSSR count). The van der Waals surface area contributed by atoms with Gasteiger partial charge in [-0.25, -0.2) is 4.98 Å². The molecule has 0 unspecified atom stereocenters. The third kappa shape index (κ3) is 5.12. The van der Waals surface area contributed by atoms with E-state index >= 15 is 0 Å². The van der Waals surface area contributed by atoms with E-state index in [0.29, 0.717) is 5.82 Å². The van der Waals surface area contributed by atoms with E-state index in [4.69, 9.17) is 0 Å². The lowest BCUT2D eigenvalue weighted by Crippen LogP contribution is -2.51. The molecule has 1 fully saturated rings. The van der Waals surface area contributed by atoms with E-state index in [1.165, 1.54) is 12.3 Å². The van der Waals surface area contributed by atoms with Crippen LogP contribution >= 0.6 is 0 Å². The number of aromatic nitrogens is 1. The van der Waals surface area contributed by atoms with Crippen LogP contribution in [0.15, 0.2) is 18.3 Å². The van der Waals surface area contributed by atoms with E-state index in [-0.39, 0.29) is 29.2 Å². The summed E-state index contributed by atoms with van der Waals surface area (Å²) >= 11 is 0. The first kappa shape index (κ1) is 19.1. The molecular formula is C17H27N5O3. The number of nitro groups is 1. The van der Waals surface area contributed by atoms with E-state index in [0.717, 1.165) is 25.9 Å². The van der Waals surface area contributed by atoms with E-state index < -0.39 is 4.92 Å². The molecule has 1 aromatic rings. The van der Waals surface area contributed by atoms with Crippen LogP contribution in [0.1, 0.15) is 40.5 Å². The van der Waals surface area contributed by atoms with Crippen LogP contribution in [-0.4, -0.2) is 51.4 Å². The molecule has 0 bridgehead atoms. The van der Waals surface area contributed by atoms with Crippen molar-refractivity contribution in [2.45, 2.75) is 58.2 Å². The van der Waals surface area contributed by atoms with Crippen LogP contribution in [-0.2, 0) is 4.79 Å². The van der Waals surface area contributed by atoms with Gasteiger partial charge in [-0.1, -0.05) is 6.92 Å². The van der Waals surface area contributed by atoms with Crippen molar-refractivity contribution in [1.82, 2.24) is 15.2 Å². The van der Waals surface area contributed by atoms with E-state index in [9.17, 15) is 14.9 Å². The van der Waals surface area contributed by atoms with Gasteiger partial charge in [0, 0.05) is 30.7 Å². The topological polar surface area (TPSA) is 100 Å². The maximum absolute atomic E-state index is 12.4. The molecule has 2 atom stereocenters. The summed E-state index contributed by atoms with van der Waals surface area (Å²) in [6.07, 6.45) is 3.02. The molecule has 0 radical (unpaired) electrons. The SMILES string of the molecule is CCC(C)(C)NC(=O)[C@H](C)N1CC[C@H](Nc2ccc([N+](=O)[O-])cn2)C1. The smallest absolute Gasteiger partial charge is 0.287 e. The average Bonchev–Trinajstić information content (AvgIpc) is 3.02. The minimum atomic E-state index is -0.466. The Kier molecular flexibility index (Phi) is 5.94. The number of hydrogen-bond acceptors (Lipinski definition) is 6. The van der Waals surface area contributed by atoms with Gasteiger partial charge in [-0.3, -0.25) is 19.8 Å². The number of carbonyl (C=O) groups excluding carboxylic acids is 1. The van der Waals surface area contributed by atoms with Gasteiger partial charge in [0.25, 0.3) is 5.69 Å². The van der Waals surface area contributed by atoms with Gasteiger partial charge in [0.05, 0.1) is 11.0 Å². The normalized spacial score (nSPS) is 19.4. The summed E-state index contributed by atoms with van der Waals surface area (Å²) in [6.45, 7) is 9.58. The third-order valence-corrected chi connectivity index (χ3v) is 4.80. The second kappa shape index (κ2) is 7.77. The van der Waals surface area contributed by atoms with Gasteiger partial charge in [0.15, 0.2) is 0 Å². The highest BCUT2D eigenvalue weighted by Crippen LogP contribution is 2.19. The largest absolute Gasteiger partial charge is 0.366 e. The molecule has 1 aromatic heterocycles. The summed E-state index contributed by atoms with van der Waals surface area (Å²) in [7, 11) is 0. The quantitative estimate of drug-likeness (QED) is 0.578. The third-order valence-electron chi connectivity index (χ3n) is 4.80. The van der Waals surface area contributed by atoms with Gasteiger partial charge in [-0.15, -0.1) is 0 Å². The number of pyridine rings is 1. The van der Waals surface area contributed by atoms with Crippen molar-refractivity contribution < 1.29 is 9.72 Å². The molecule has 2 heterocycles. The van der Waals surface area contributed by atoms with E-state index in [2.05, 4.69) is 27.4 Å². The highest BCUT2D eigenvalue weighted by Gasteiger charge is 2.31. The fourth-order valence-electron chi connectivity index (χ4n) is 2.74. The Hall–Kier alpha value is -2.22. The summed E-state index contributed by atoms with van der Waals surface area (Å²) in [5.74, 6) is 0.655. The Morgan fingerprint density at radius 2 is 2.24 bits per heavy atom. The van der Waals surface area contributed by atoms with Gasteiger partial charge >= 0.3 is 0 Å². The molecule has 0 spiro atoms. The van der Waals surface area contributed by atoms with Crippen molar-refractivity contribution in [3.05, 3.63) is 28.4 Å². The molecule has 1 aliphatic rings. The Labute approximate surface area is 148 Å². The van der Waals surface area contributed by atoms with Crippen LogP contribution in [0.25, 0.3) is 0 Å². The number of hydrogen-bond donors (Lipinski definition) is 2. The predicted octanol–water partition coefficient (Wildman–Crippen LogP) is 2.17. The zero-order valence-electron chi connectivity index (χ0n) is 15.3. The number of nitrogens with zero attached hydrogens (tertiary/aromatic N) is 3. The molecule has 25 heavy (non-hydrogen) atoms. The molecule has 1 aliphatic heterocycles. The number of amides is 1. The summed E-state index contributed by atoms with van der Waals surface area (Å²) in [6, 6.07) is 3.02. The van der Waals surface area contributed by atoms with E-state index in [1.807, 2.05) is 20.8 Å². The van der Waals surface area contributed by atoms with Crippen molar-refractivity contribution in [3.63, 3.8) is 0 Å². The predicted molar refractivity (Wildman–Crippen MR) is 96.5 cm³/mol. The van der Waals surface area contributed by atoms with Crippen LogP contribution in [0.3, 0.4) is 0 Å². The average molecular weight is 349 g/mol. The summed E-state index contributed by atoms with van der Waals surface area (Å²) in [4.78, 5) is 28.8. The fraction of sp³-hybridized carbons (Fsp3) is 0.647. The van der Waals surface area contributed by atoms with Gasteiger partial charge in [-0.2, -0.15) is 0 Å². The van der Waals surface area contributed by atoms with Crippen molar-refractivity contribution in [2.75, 3.05) is 18.4 Å². The van der Waals surface area contributed by atoms with E-state index in [1.54, 1.807) is 6.07 Å². The number of anilines is 1. The maximum atomic E-state index is 12.4. The lowest BCUT2D eigenvalue weighted by atomic mass is 10.0. The molecule has 0 aliphatic carbocycles. The highest BCUT2D eigenvalue weighted by molar-refractivity contribution is 5.82. The molecule has 1 saturated heterocycles. The van der Waals surface area contributed by atoms with Crippen LogP contribution in [0.4, 0.5) is 11.5 Å². The number of carbonyl (C=O) groups is 1. The molecule has 0 saturated carbocycles. The minimum Gasteiger partial charge on any atom is -0.366 e. The van der Waals surface area contributed by atoms with Crippen LogP contribution in [0.5, 0.6) is 0 Å². The lowest BCUT2D eigenvalue weighted by molar-refractivity contribution is -0.385. The summed E-state index contributed by atoms with van der Waals surface area (Å²) < 4.78 is 0. The fourth-order valence-corrected chi connectivity index (χ4v) is 2.74. The van der Waals surface area contributed by atoms with Crippen molar-refractivity contribution in [3.8, 4) is 0 Å². The Balaban J connectivity index is 1.88. The van der Waals surface area contributed by atoms with Crippen molar-refractivity contribution in [1.29, 1.82) is 0 Å². The maximum Gasteiger partial charge on any atom is 0.287 e. The number of likely N-dealkylation sites (tertiary alicyclic amines) is 1. The molecule has 8 heteroatoms. The first-order valence-corrected chi connectivity index (χ1v) is 8.65. The second-order valence-electron chi connectivity index (χ2n) is 7.19. The first-order valence-electron chi connectivity index (χ1n) is 8.65. The van der Waals surface area contributed by atoms with Crippen LogP contribution < -0.4 is 10.6 Å². The Morgan fingerprint density at radius 1 is 1.52 bits per heavy atom. The van der Waals surface area contributed by atoms with Gasteiger partial charge in [0.1, 0.15) is 12.0 Å². The summed E-state index contributed by atoms with van der Waals surface area (Å²) in [5, 5.41) is 17.0.